The quantitative estimate of drug-likeness (QED) is 0.176. The minimum atomic E-state index is -0.145. The maximum Gasteiger partial charge on any atom is 0.153 e. The van der Waals surface area contributed by atoms with E-state index in [1.807, 2.05) is 36.4 Å². The highest BCUT2D eigenvalue weighted by Gasteiger charge is 2.36. The van der Waals surface area contributed by atoms with Gasteiger partial charge >= 0.3 is 0 Å². The summed E-state index contributed by atoms with van der Waals surface area (Å²) in [5.74, 6) is 3.28. The van der Waals surface area contributed by atoms with Gasteiger partial charge in [-0.25, -0.2) is 0 Å². The largest absolute Gasteiger partial charge is 0.453 e. The molecular weight excluding hydrogens is 687 g/mol. The Morgan fingerprint density at radius 3 is 1.50 bits per heavy atom. The molecule has 11 rings (SSSR count). The van der Waals surface area contributed by atoms with Gasteiger partial charge in [0.2, 0.25) is 0 Å². The number of benzene rings is 8. The molecule has 268 valence electrons. The zero-order valence-electron chi connectivity index (χ0n) is 31.1. The first-order chi connectivity index (χ1) is 27.5. The van der Waals surface area contributed by atoms with E-state index in [9.17, 15) is 0 Å². The molecule has 2 heterocycles. The lowest BCUT2D eigenvalue weighted by atomic mass is 9.82. The molecule has 1 aliphatic carbocycles. The first-order valence-corrected chi connectivity index (χ1v) is 19.1. The van der Waals surface area contributed by atoms with Crippen LogP contribution in [-0.2, 0) is 5.41 Å². The van der Waals surface area contributed by atoms with Crippen LogP contribution in [-0.4, -0.2) is 0 Å². The van der Waals surface area contributed by atoms with Crippen molar-refractivity contribution in [3.05, 3.63) is 199 Å². The van der Waals surface area contributed by atoms with Crippen LogP contribution in [0, 0.1) is 0 Å². The van der Waals surface area contributed by atoms with Crippen LogP contribution in [0.15, 0.2) is 188 Å². The molecule has 0 amide bonds. The molecule has 3 aliphatic rings. The van der Waals surface area contributed by atoms with E-state index < -0.39 is 0 Å². The van der Waals surface area contributed by atoms with Crippen molar-refractivity contribution in [3.63, 3.8) is 0 Å². The number of hydrogen-bond acceptors (Lipinski definition) is 5. The summed E-state index contributed by atoms with van der Waals surface area (Å²) in [6.07, 6.45) is 0. The molecule has 5 heteroatoms. The molecule has 2 aliphatic heterocycles. The summed E-state index contributed by atoms with van der Waals surface area (Å²) in [6, 6.07) is 66.3. The molecule has 0 N–H and O–H groups in total. The van der Waals surface area contributed by atoms with E-state index in [2.05, 4.69) is 180 Å². The fourth-order valence-electron chi connectivity index (χ4n) is 8.75. The fraction of sp³-hybridized carbons (Fsp3) is 0.0588. The van der Waals surface area contributed by atoms with Crippen molar-refractivity contribution in [2.45, 2.75) is 19.3 Å². The van der Waals surface area contributed by atoms with Crippen LogP contribution in [0.2, 0.25) is 0 Å². The van der Waals surface area contributed by atoms with E-state index in [-0.39, 0.29) is 5.41 Å². The lowest BCUT2D eigenvalue weighted by Gasteiger charge is -2.35. The van der Waals surface area contributed by atoms with Gasteiger partial charge in [0.1, 0.15) is 0 Å². The molecule has 0 fully saturated rings. The fourth-order valence-corrected chi connectivity index (χ4v) is 8.75. The molecule has 8 aromatic carbocycles. The Labute approximate surface area is 326 Å². The highest BCUT2D eigenvalue weighted by Crippen LogP contribution is 2.55. The third-order valence-corrected chi connectivity index (χ3v) is 11.4. The maximum absolute atomic E-state index is 6.72. The molecule has 0 radical (unpaired) electrons. The molecule has 8 aromatic rings. The minimum absolute atomic E-state index is 0.145. The summed E-state index contributed by atoms with van der Waals surface area (Å²) in [4.78, 5) is 6.91. The Balaban J connectivity index is 1.06. The van der Waals surface area contributed by atoms with Crippen LogP contribution in [0.3, 0.4) is 0 Å². The molecule has 0 spiro atoms. The lowest BCUT2D eigenvalue weighted by molar-refractivity contribution is 0.477. The topological polar surface area (TPSA) is 28.2 Å². The summed E-state index contributed by atoms with van der Waals surface area (Å²) in [5.41, 5.74) is 14.4. The van der Waals surface area contributed by atoms with Crippen molar-refractivity contribution < 1.29 is 9.47 Å². The van der Waals surface area contributed by atoms with Gasteiger partial charge in [-0.05, 0) is 119 Å². The SMILES string of the molecule is CC1(C)c2ccccc2-c2ccc(N(c3ccc(N4c5ccccc5Oc5ccccc54)cc3)c3ccc4c(c3)Oc3ccccc3N4c3ccccc3)cc21. The monoisotopic (exact) mass is 723 g/mol. The zero-order chi connectivity index (χ0) is 37.4. The van der Waals surface area contributed by atoms with Crippen molar-refractivity contribution in [3.8, 4) is 34.1 Å². The predicted molar refractivity (Wildman–Crippen MR) is 228 cm³/mol. The van der Waals surface area contributed by atoms with Gasteiger partial charge in [-0.3, -0.25) is 0 Å². The summed E-state index contributed by atoms with van der Waals surface area (Å²) < 4.78 is 13.0. The Morgan fingerprint density at radius 2 is 0.839 bits per heavy atom. The highest BCUT2D eigenvalue weighted by molar-refractivity contribution is 5.91. The second kappa shape index (κ2) is 12.4. The molecule has 0 saturated carbocycles. The lowest BCUT2D eigenvalue weighted by Crippen LogP contribution is -2.18. The van der Waals surface area contributed by atoms with E-state index in [0.717, 1.165) is 74.2 Å². The van der Waals surface area contributed by atoms with Crippen molar-refractivity contribution >= 4 is 51.2 Å². The maximum atomic E-state index is 6.72. The first-order valence-electron chi connectivity index (χ1n) is 19.1. The second-order valence-electron chi connectivity index (χ2n) is 15.0. The summed E-state index contributed by atoms with van der Waals surface area (Å²) in [5, 5.41) is 0. The number of anilines is 9. The average Bonchev–Trinajstić information content (AvgIpc) is 3.48. The zero-order valence-corrected chi connectivity index (χ0v) is 31.1. The average molecular weight is 724 g/mol. The van der Waals surface area contributed by atoms with Gasteiger partial charge in [0, 0.05) is 39.9 Å². The molecule has 0 unspecified atom stereocenters. The van der Waals surface area contributed by atoms with Crippen LogP contribution in [0.4, 0.5) is 51.2 Å². The van der Waals surface area contributed by atoms with Crippen LogP contribution in [0.5, 0.6) is 23.0 Å². The predicted octanol–water partition coefficient (Wildman–Crippen LogP) is 14.6. The van der Waals surface area contributed by atoms with E-state index >= 15 is 0 Å². The van der Waals surface area contributed by atoms with Gasteiger partial charge in [-0.1, -0.05) is 98.8 Å². The van der Waals surface area contributed by atoms with Gasteiger partial charge < -0.3 is 24.2 Å². The number of nitrogens with zero attached hydrogens (tertiary/aromatic N) is 3. The molecule has 0 saturated heterocycles. The van der Waals surface area contributed by atoms with Crippen LogP contribution in [0.1, 0.15) is 25.0 Å². The van der Waals surface area contributed by atoms with Crippen molar-refractivity contribution in [2.75, 3.05) is 14.7 Å². The molecule has 0 bridgehead atoms. The molecule has 56 heavy (non-hydrogen) atoms. The van der Waals surface area contributed by atoms with E-state index in [1.165, 1.54) is 22.3 Å². The Hall–Kier alpha value is -7.24. The standard InChI is InChI=1S/C51H37N3O2/c1-51(2)41-17-7-6-16-39(41)40-30-28-37(32-42(40)51)52(35-24-26-36(27-25-35)54-43-18-8-11-21-47(43)55-48-22-12-9-19-44(48)54)38-29-31-46-50(33-38)56-49-23-13-10-20-45(49)53(46)34-14-4-3-5-15-34/h3-33H,1-2H3. The summed E-state index contributed by atoms with van der Waals surface area (Å²) in [6.45, 7) is 4.67. The van der Waals surface area contributed by atoms with Crippen LogP contribution < -0.4 is 24.2 Å². The number of fused-ring (bicyclic) bond motifs is 7. The smallest absolute Gasteiger partial charge is 0.153 e. The van der Waals surface area contributed by atoms with Gasteiger partial charge in [0.15, 0.2) is 23.0 Å². The van der Waals surface area contributed by atoms with Crippen molar-refractivity contribution in [2.24, 2.45) is 0 Å². The Kier molecular flexibility index (Phi) is 7.13. The molecular formula is C51H37N3O2. The number of hydrogen-bond donors (Lipinski definition) is 0. The number of ether oxygens (including phenoxy) is 2. The Morgan fingerprint density at radius 1 is 0.375 bits per heavy atom. The van der Waals surface area contributed by atoms with Gasteiger partial charge in [0.25, 0.3) is 0 Å². The van der Waals surface area contributed by atoms with Gasteiger partial charge in [0.05, 0.1) is 22.7 Å². The van der Waals surface area contributed by atoms with Crippen LogP contribution in [0.25, 0.3) is 11.1 Å². The number of rotatable bonds is 5. The number of para-hydroxylation sites is 7. The van der Waals surface area contributed by atoms with Gasteiger partial charge in [-0.2, -0.15) is 0 Å². The van der Waals surface area contributed by atoms with Crippen molar-refractivity contribution in [1.29, 1.82) is 0 Å². The second-order valence-corrected chi connectivity index (χ2v) is 15.0. The van der Waals surface area contributed by atoms with Gasteiger partial charge in [-0.15, -0.1) is 0 Å². The highest BCUT2D eigenvalue weighted by atomic mass is 16.5. The third kappa shape index (κ3) is 4.94. The minimum Gasteiger partial charge on any atom is -0.453 e. The Bertz CT molecular complexity index is 2770. The summed E-state index contributed by atoms with van der Waals surface area (Å²) in [7, 11) is 0. The van der Waals surface area contributed by atoms with E-state index in [4.69, 9.17) is 9.47 Å². The third-order valence-electron chi connectivity index (χ3n) is 11.4. The molecule has 0 aromatic heterocycles. The molecule has 5 nitrogen and oxygen atoms in total. The van der Waals surface area contributed by atoms with Crippen LogP contribution >= 0.6 is 0 Å². The summed E-state index contributed by atoms with van der Waals surface area (Å²) >= 11 is 0. The van der Waals surface area contributed by atoms with Crippen molar-refractivity contribution in [1.82, 2.24) is 0 Å². The molecule has 0 atom stereocenters. The normalized spacial score (nSPS) is 13.9. The first kappa shape index (κ1) is 32.2. The van der Waals surface area contributed by atoms with E-state index in [0.29, 0.717) is 0 Å². The van der Waals surface area contributed by atoms with E-state index in [1.54, 1.807) is 0 Å².